The van der Waals surface area contributed by atoms with E-state index in [1.165, 1.54) is 0 Å². The molecule has 0 radical (unpaired) electrons. The molecule has 1 heterocycles. The summed E-state index contributed by atoms with van der Waals surface area (Å²) in [6.07, 6.45) is -15.7. The van der Waals surface area contributed by atoms with Crippen LogP contribution in [0.5, 0.6) is 0 Å². The van der Waals surface area contributed by atoms with E-state index in [9.17, 15) is 39.5 Å². The minimum atomic E-state index is -6.64. The second-order valence-corrected chi connectivity index (χ2v) is 3.24. The smallest absolute Gasteiger partial charge is 0.435 e. The van der Waals surface area contributed by atoms with Crippen molar-refractivity contribution in [2.75, 3.05) is 0 Å². The van der Waals surface area contributed by atoms with Crippen molar-refractivity contribution in [3.8, 4) is 0 Å². The zero-order valence-corrected chi connectivity index (χ0v) is 7.59. The fourth-order valence-electron chi connectivity index (χ4n) is 1.18. The van der Waals surface area contributed by atoms with E-state index in [2.05, 4.69) is 4.74 Å². The topological polar surface area (TPSA) is 9.23 Å². The summed E-state index contributed by atoms with van der Waals surface area (Å²) in [5, 5.41) is 0. The molecule has 0 bridgehead atoms. The largest absolute Gasteiger partial charge is 0.448 e. The van der Waals surface area contributed by atoms with Gasteiger partial charge in [-0.1, -0.05) is 0 Å². The third-order valence-corrected chi connectivity index (χ3v) is 2.02. The average Bonchev–Trinajstić information content (AvgIpc) is 2.14. The van der Waals surface area contributed by atoms with Gasteiger partial charge in [-0.15, -0.1) is 0 Å². The maximum absolute atomic E-state index is 13.1. The van der Waals surface area contributed by atoms with E-state index in [0.29, 0.717) is 0 Å². The second-order valence-electron chi connectivity index (χ2n) is 3.24. The van der Waals surface area contributed by atoms with E-state index in [0.717, 1.165) is 0 Å². The molecule has 0 aromatic rings. The third-order valence-electron chi connectivity index (χ3n) is 2.02. The summed E-state index contributed by atoms with van der Waals surface area (Å²) in [5.74, 6) is -7.83. The fraction of sp³-hybridized carbons (Fsp3) is 0.714. The van der Waals surface area contributed by atoms with Gasteiger partial charge in [-0.2, -0.15) is 22.0 Å². The van der Waals surface area contributed by atoms with Crippen LogP contribution < -0.4 is 0 Å². The normalized spacial score (nSPS) is 32.4. The maximum atomic E-state index is 13.1. The molecule has 0 fully saturated rings. The Morgan fingerprint density at radius 2 is 1.53 bits per heavy atom. The number of hydrogen-bond donors (Lipinski definition) is 0. The molecule has 1 atom stereocenters. The SMILES string of the molecule is FC1=COC(F)(F)C(F)(C(F)(F)F)C(F)(F)C1. The van der Waals surface area contributed by atoms with Gasteiger partial charge in [0.05, 0.1) is 6.42 Å². The Hall–Kier alpha value is -1.09. The van der Waals surface area contributed by atoms with Crippen molar-refractivity contribution in [3.63, 3.8) is 0 Å². The van der Waals surface area contributed by atoms with Gasteiger partial charge >= 0.3 is 23.9 Å². The van der Waals surface area contributed by atoms with Gasteiger partial charge in [0.15, 0.2) is 0 Å². The second kappa shape index (κ2) is 3.45. The molecule has 0 amide bonds. The van der Waals surface area contributed by atoms with Crippen molar-refractivity contribution in [2.45, 2.75) is 30.3 Å². The molecule has 0 saturated carbocycles. The highest BCUT2D eigenvalue weighted by atomic mass is 19.4. The first-order valence-electron chi connectivity index (χ1n) is 3.89. The molecule has 0 aromatic heterocycles. The molecule has 1 aliphatic heterocycles. The first-order chi connectivity index (χ1) is 7.35. The summed E-state index contributed by atoms with van der Waals surface area (Å²) in [6.45, 7) is 0. The lowest BCUT2D eigenvalue weighted by molar-refractivity contribution is -0.414. The lowest BCUT2D eigenvalue weighted by Crippen LogP contribution is -2.65. The molecule has 0 aliphatic carbocycles. The van der Waals surface area contributed by atoms with Crippen LogP contribution in [0.4, 0.5) is 39.5 Å². The number of halogens is 9. The highest BCUT2D eigenvalue weighted by molar-refractivity contribution is 5.12. The number of hydrogen-bond acceptors (Lipinski definition) is 1. The average molecular weight is 274 g/mol. The monoisotopic (exact) mass is 274 g/mol. The Labute approximate surface area is 87.8 Å². The molecule has 1 aliphatic rings. The summed E-state index contributed by atoms with van der Waals surface area (Å²) < 4.78 is 116. The Morgan fingerprint density at radius 1 is 1.06 bits per heavy atom. The van der Waals surface area contributed by atoms with Crippen LogP contribution in [0, 0.1) is 0 Å². The molecular weight excluding hydrogens is 271 g/mol. The van der Waals surface area contributed by atoms with Gasteiger partial charge < -0.3 is 4.74 Å². The van der Waals surface area contributed by atoms with Gasteiger partial charge in [-0.05, 0) is 0 Å². The maximum Gasteiger partial charge on any atom is 0.448 e. The molecule has 1 unspecified atom stereocenters. The molecule has 1 nitrogen and oxygen atoms in total. The van der Waals surface area contributed by atoms with Crippen LogP contribution >= 0.6 is 0 Å². The molecule has 17 heavy (non-hydrogen) atoms. The van der Waals surface area contributed by atoms with Crippen LogP contribution in [-0.4, -0.2) is 23.9 Å². The quantitative estimate of drug-likeness (QED) is 0.612. The van der Waals surface area contributed by atoms with Crippen molar-refractivity contribution in [3.05, 3.63) is 12.1 Å². The standard InChI is InChI=1S/C7H3F9O/c8-3-1-4(9,10)5(11,6(12,13)14)7(15,16)17-2-3/h2H,1H2. The highest BCUT2D eigenvalue weighted by Gasteiger charge is 2.85. The molecule has 100 valence electrons. The van der Waals surface area contributed by atoms with Gasteiger partial charge in [0.1, 0.15) is 12.1 Å². The highest BCUT2D eigenvalue weighted by Crippen LogP contribution is 2.57. The van der Waals surface area contributed by atoms with Crippen molar-refractivity contribution in [1.29, 1.82) is 0 Å². The minimum Gasteiger partial charge on any atom is -0.435 e. The van der Waals surface area contributed by atoms with E-state index in [-0.39, 0.29) is 0 Å². The van der Waals surface area contributed by atoms with Gasteiger partial charge in [-0.25, -0.2) is 17.6 Å². The molecule has 10 heteroatoms. The lowest BCUT2D eigenvalue weighted by Gasteiger charge is -2.36. The Morgan fingerprint density at radius 3 is 1.94 bits per heavy atom. The van der Waals surface area contributed by atoms with Crippen LogP contribution in [0.15, 0.2) is 12.1 Å². The molecule has 0 saturated heterocycles. The van der Waals surface area contributed by atoms with Crippen LogP contribution in [0.25, 0.3) is 0 Å². The number of rotatable bonds is 0. The number of allylic oxidation sites excluding steroid dienone is 1. The van der Waals surface area contributed by atoms with Crippen molar-refractivity contribution in [1.82, 2.24) is 0 Å². The van der Waals surface area contributed by atoms with E-state index >= 15 is 0 Å². The first-order valence-corrected chi connectivity index (χ1v) is 3.89. The summed E-state index contributed by atoms with van der Waals surface area (Å²) in [4.78, 5) is 0. The zero-order chi connectivity index (χ0) is 13.7. The predicted molar refractivity (Wildman–Crippen MR) is 34.7 cm³/mol. The molecular formula is C7H3F9O. The number of alkyl halides is 8. The van der Waals surface area contributed by atoms with Crippen molar-refractivity contribution in [2.24, 2.45) is 0 Å². The van der Waals surface area contributed by atoms with Crippen molar-refractivity contribution >= 4 is 0 Å². The minimum absolute atomic E-state index is 0.666. The fourth-order valence-corrected chi connectivity index (χ4v) is 1.18. The van der Waals surface area contributed by atoms with Gasteiger partial charge in [-0.3, -0.25) is 0 Å². The van der Waals surface area contributed by atoms with E-state index in [1.807, 2.05) is 0 Å². The van der Waals surface area contributed by atoms with E-state index < -0.39 is 42.4 Å². The third kappa shape index (κ3) is 1.82. The van der Waals surface area contributed by atoms with Gasteiger partial charge in [0.2, 0.25) is 0 Å². The van der Waals surface area contributed by atoms with Gasteiger partial charge in [0.25, 0.3) is 0 Å². The lowest BCUT2D eigenvalue weighted by atomic mass is 9.93. The summed E-state index contributed by atoms with van der Waals surface area (Å²) in [7, 11) is 0. The predicted octanol–water partition coefficient (Wildman–Crippen LogP) is 3.72. The molecule has 0 spiro atoms. The van der Waals surface area contributed by atoms with Gasteiger partial charge in [0, 0.05) is 0 Å². The van der Waals surface area contributed by atoms with Crippen LogP contribution in [0.3, 0.4) is 0 Å². The molecule has 0 aromatic carbocycles. The Balaban J connectivity index is 3.43. The van der Waals surface area contributed by atoms with Crippen LogP contribution in [-0.2, 0) is 4.74 Å². The zero-order valence-electron chi connectivity index (χ0n) is 7.59. The summed E-state index contributed by atoms with van der Waals surface area (Å²) >= 11 is 0. The Bertz CT molecular complexity index is 344. The van der Waals surface area contributed by atoms with E-state index in [1.54, 1.807) is 0 Å². The summed E-state index contributed by atoms with van der Waals surface area (Å²) in [6, 6.07) is 0. The first kappa shape index (κ1) is 14.0. The summed E-state index contributed by atoms with van der Waals surface area (Å²) in [5.41, 5.74) is -6.31. The molecule has 0 N–H and O–H groups in total. The van der Waals surface area contributed by atoms with Crippen LogP contribution in [0.1, 0.15) is 6.42 Å². The number of ether oxygens (including phenoxy) is 1. The van der Waals surface area contributed by atoms with Crippen molar-refractivity contribution < 1.29 is 44.3 Å². The molecule has 1 rings (SSSR count). The van der Waals surface area contributed by atoms with E-state index in [4.69, 9.17) is 0 Å². The Kier molecular flexibility index (Phi) is 2.84. The van der Waals surface area contributed by atoms with Crippen LogP contribution in [0.2, 0.25) is 0 Å².